The molecule has 4 rings (SSSR count). The van der Waals surface area contributed by atoms with Crippen LogP contribution >= 0.6 is 0 Å². The van der Waals surface area contributed by atoms with E-state index in [1.165, 1.54) is 32.2 Å². The predicted molar refractivity (Wildman–Crippen MR) is 89.6 cm³/mol. The number of aromatic nitrogens is 3. The van der Waals surface area contributed by atoms with Gasteiger partial charge in [0.1, 0.15) is 0 Å². The summed E-state index contributed by atoms with van der Waals surface area (Å²) >= 11 is 0. The third-order valence-electron chi connectivity index (χ3n) is 5.10. The van der Waals surface area contributed by atoms with Gasteiger partial charge in [-0.2, -0.15) is 0 Å². The highest BCUT2D eigenvalue weighted by Gasteiger charge is 2.24. The zero-order valence-corrected chi connectivity index (χ0v) is 13.5. The van der Waals surface area contributed by atoms with Gasteiger partial charge in [0.25, 0.3) is 0 Å². The van der Waals surface area contributed by atoms with Crippen molar-refractivity contribution >= 4 is 5.65 Å². The number of likely N-dealkylation sites (tertiary alicyclic amines) is 1. The first kappa shape index (κ1) is 14.9. The molecule has 2 fully saturated rings. The summed E-state index contributed by atoms with van der Waals surface area (Å²) in [5.41, 5.74) is 0.682. The van der Waals surface area contributed by atoms with E-state index in [1.807, 2.05) is 18.2 Å². The van der Waals surface area contributed by atoms with Gasteiger partial charge >= 0.3 is 5.69 Å². The summed E-state index contributed by atoms with van der Waals surface area (Å²) in [4.78, 5) is 14.7. The Hall–Kier alpha value is -1.66. The van der Waals surface area contributed by atoms with Gasteiger partial charge in [0, 0.05) is 18.8 Å². The van der Waals surface area contributed by atoms with Gasteiger partial charge in [-0.1, -0.05) is 6.07 Å². The molecule has 0 spiro atoms. The molecule has 2 aliphatic rings. The van der Waals surface area contributed by atoms with Crippen LogP contribution in [-0.2, 0) is 6.54 Å². The molecule has 1 saturated carbocycles. The Morgan fingerprint density at radius 3 is 2.70 bits per heavy atom. The lowest BCUT2D eigenvalue weighted by atomic mass is 10.0. The maximum atomic E-state index is 12.2. The fourth-order valence-corrected chi connectivity index (χ4v) is 3.37. The third kappa shape index (κ3) is 3.48. The number of nitrogens with one attached hydrogen (secondary N) is 1. The normalized spacial score (nSPS) is 20.3. The van der Waals surface area contributed by atoms with Crippen molar-refractivity contribution < 1.29 is 0 Å². The van der Waals surface area contributed by atoms with Crippen molar-refractivity contribution in [3.63, 3.8) is 0 Å². The number of fused-ring (bicyclic) bond motifs is 1. The highest BCUT2D eigenvalue weighted by Crippen LogP contribution is 2.28. The van der Waals surface area contributed by atoms with Crippen LogP contribution < -0.4 is 11.0 Å². The number of pyridine rings is 1. The first-order chi connectivity index (χ1) is 11.3. The van der Waals surface area contributed by atoms with E-state index in [-0.39, 0.29) is 5.69 Å². The summed E-state index contributed by atoms with van der Waals surface area (Å²) in [5.74, 6) is 0.954. The van der Waals surface area contributed by atoms with E-state index < -0.39 is 0 Å². The average Bonchev–Trinajstić information content (AvgIpc) is 3.36. The molecule has 1 aliphatic carbocycles. The minimum absolute atomic E-state index is 0.0402. The predicted octanol–water partition coefficient (Wildman–Crippen LogP) is 0.960. The minimum Gasteiger partial charge on any atom is -0.314 e. The van der Waals surface area contributed by atoms with Gasteiger partial charge in [0.2, 0.25) is 0 Å². The second-order valence-corrected chi connectivity index (χ2v) is 6.90. The van der Waals surface area contributed by atoms with E-state index in [4.69, 9.17) is 0 Å². The van der Waals surface area contributed by atoms with E-state index in [2.05, 4.69) is 15.3 Å². The van der Waals surface area contributed by atoms with Crippen LogP contribution in [-0.4, -0.2) is 51.3 Å². The van der Waals surface area contributed by atoms with Crippen LogP contribution in [0, 0.1) is 5.92 Å². The molecular weight excluding hydrogens is 290 g/mol. The quantitative estimate of drug-likeness (QED) is 0.863. The molecule has 0 aromatic carbocycles. The number of piperidine rings is 1. The standard InChI is InChI=1S/C17H25N5O/c23-17-21-8-2-1-3-16(21)19-22(17)12-11-20-9-6-15(7-10-20)18-13-14-4-5-14/h1-3,8,14-15,18H,4-7,9-13H2. The maximum absolute atomic E-state index is 12.2. The van der Waals surface area contributed by atoms with Crippen molar-refractivity contribution in [3.05, 3.63) is 34.9 Å². The van der Waals surface area contributed by atoms with Crippen molar-refractivity contribution in [2.45, 2.75) is 38.3 Å². The fraction of sp³-hybridized carbons (Fsp3) is 0.647. The molecular formula is C17H25N5O. The Balaban J connectivity index is 1.27. The molecule has 2 aromatic heterocycles. The molecule has 6 nitrogen and oxygen atoms in total. The first-order valence-electron chi connectivity index (χ1n) is 8.79. The largest absolute Gasteiger partial charge is 0.350 e. The topological polar surface area (TPSA) is 54.6 Å². The van der Waals surface area contributed by atoms with Crippen LogP contribution in [0.1, 0.15) is 25.7 Å². The summed E-state index contributed by atoms with van der Waals surface area (Å²) in [6, 6.07) is 6.32. The molecule has 0 bridgehead atoms. The number of nitrogens with zero attached hydrogens (tertiary/aromatic N) is 4. The Morgan fingerprint density at radius 1 is 1.13 bits per heavy atom. The number of rotatable bonds is 6. The van der Waals surface area contributed by atoms with Gasteiger partial charge in [0.15, 0.2) is 5.65 Å². The molecule has 0 radical (unpaired) electrons. The van der Waals surface area contributed by atoms with Crippen LogP contribution in [0.3, 0.4) is 0 Å². The molecule has 1 N–H and O–H groups in total. The van der Waals surface area contributed by atoms with E-state index >= 15 is 0 Å². The Morgan fingerprint density at radius 2 is 1.96 bits per heavy atom. The first-order valence-corrected chi connectivity index (χ1v) is 8.79. The Kier molecular flexibility index (Phi) is 4.18. The highest BCUT2D eigenvalue weighted by atomic mass is 16.2. The summed E-state index contributed by atoms with van der Waals surface area (Å²) in [5, 5.41) is 8.10. The molecule has 124 valence electrons. The molecule has 0 unspecified atom stereocenters. The van der Waals surface area contributed by atoms with Crippen LogP contribution in [0.2, 0.25) is 0 Å². The molecule has 1 aliphatic heterocycles. The van der Waals surface area contributed by atoms with Crippen LogP contribution in [0.15, 0.2) is 29.2 Å². The van der Waals surface area contributed by atoms with Crippen LogP contribution in [0.5, 0.6) is 0 Å². The molecule has 0 atom stereocenters. The van der Waals surface area contributed by atoms with Gasteiger partial charge in [-0.05, 0) is 63.4 Å². The summed E-state index contributed by atoms with van der Waals surface area (Å²) < 4.78 is 3.20. The highest BCUT2D eigenvalue weighted by molar-refractivity contribution is 5.35. The van der Waals surface area contributed by atoms with E-state index in [0.717, 1.165) is 31.2 Å². The van der Waals surface area contributed by atoms with Gasteiger partial charge < -0.3 is 10.2 Å². The van der Waals surface area contributed by atoms with E-state index in [1.54, 1.807) is 15.3 Å². The lowest BCUT2D eigenvalue weighted by molar-refractivity contribution is 0.188. The lowest BCUT2D eigenvalue weighted by Gasteiger charge is -2.32. The number of hydrogen-bond donors (Lipinski definition) is 1. The maximum Gasteiger partial charge on any atom is 0.350 e. The lowest BCUT2D eigenvalue weighted by Crippen LogP contribution is -2.44. The van der Waals surface area contributed by atoms with Gasteiger partial charge in [-0.25, -0.2) is 9.48 Å². The number of hydrogen-bond acceptors (Lipinski definition) is 4. The summed E-state index contributed by atoms with van der Waals surface area (Å²) in [6.45, 7) is 5.01. The van der Waals surface area contributed by atoms with Crippen molar-refractivity contribution in [2.24, 2.45) is 5.92 Å². The summed E-state index contributed by atoms with van der Waals surface area (Å²) in [6.07, 6.45) is 7.04. The molecule has 23 heavy (non-hydrogen) atoms. The van der Waals surface area contributed by atoms with Gasteiger partial charge in [-0.3, -0.25) is 4.40 Å². The Labute approximate surface area is 136 Å². The third-order valence-corrected chi connectivity index (χ3v) is 5.10. The second-order valence-electron chi connectivity index (χ2n) is 6.90. The molecule has 1 saturated heterocycles. The fourth-order valence-electron chi connectivity index (χ4n) is 3.37. The minimum atomic E-state index is -0.0402. The van der Waals surface area contributed by atoms with Crippen LogP contribution in [0.4, 0.5) is 0 Å². The van der Waals surface area contributed by atoms with Crippen molar-refractivity contribution in [1.29, 1.82) is 0 Å². The molecule has 3 heterocycles. The smallest absolute Gasteiger partial charge is 0.314 e. The van der Waals surface area contributed by atoms with Crippen LogP contribution in [0.25, 0.3) is 5.65 Å². The van der Waals surface area contributed by atoms with Gasteiger partial charge in [-0.15, -0.1) is 5.10 Å². The molecule has 0 amide bonds. The summed E-state index contributed by atoms with van der Waals surface area (Å²) in [7, 11) is 0. The van der Waals surface area contributed by atoms with Crippen molar-refractivity contribution in [2.75, 3.05) is 26.2 Å². The van der Waals surface area contributed by atoms with E-state index in [0.29, 0.717) is 12.6 Å². The monoisotopic (exact) mass is 315 g/mol. The van der Waals surface area contributed by atoms with E-state index in [9.17, 15) is 4.79 Å². The van der Waals surface area contributed by atoms with Gasteiger partial charge in [0.05, 0.1) is 6.54 Å². The molecule has 2 aromatic rings. The zero-order chi connectivity index (χ0) is 15.6. The molecule has 6 heteroatoms. The Bertz CT molecular complexity index is 709. The van der Waals surface area contributed by atoms with Crippen molar-refractivity contribution in [3.8, 4) is 0 Å². The zero-order valence-electron chi connectivity index (χ0n) is 13.5. The SMILES string of the molecule is O=c1n(CCN2CCC(NCC3CC3)CC2)nc2ccccn12. The average molecular weight is 315 g/mol. The second kappa shape index (κ2) is 6.45. The van der Waals surface area contributed by atoms with Crippen molar-refractivity contribution in [1.82, 2.24) is 24.4 Å².